The summed E-state index contributed by atoms with van der Waals surface area (Å²) >= 11 is 1.89. The van der Waals surface area contributed by atoms with Gasteiger partial charge in [-0.15, -0.1) is 0 Å². The van der Waals surface area contributed by atoms with Crippen LogP contribution in [0, 0.1) is 3.57 Å². The average Bonchev–Trinajstić information content (AvgIpc) is 2.12. The summed E-state index contributed by atoms with van der Waals surface area (Å²) in [6, 6.07) is 2.89. The van der Waals surface area contributed by atoms with Crippen LogP contribution in [0.1, 0.15) is 10.4 Å². The van der Waals surface area contributed by atoms with Gasteiger partial charge in [0.05, 0.1) is 21.9 Å². The number of hydrogen-bond donors (Lipinski definition) is 2. The molecular formula is C8H8INO3. The second kappa shape index (κ2) is 3.82. The molecule has 0 bridgehead atoms. The molecule has 0 radical (unpaired) electrons. The maximum absolute atomic E-state index is 11.1. The summed E-state index contributed by atoms with van der Waals surface area (Å²) in [5.41, 5.74) is 5.96. The molecule has 0 fully saturated rings. The number of nitrogen functional groups attached to an aromatic ring is 1. The molecule has 0 aliphatic heterocycles. The van der Waals surface area contributed by atoms with Gasteiger partial charge in [0.15, 0.2) is 5.75 Å². The Kier molecular flexibility index (Phi) is 2.97. The number of esters is 1. The first-order valence-corrected chi connectivity index (χ1v) is 4.50. The lowest BCUT2D eigenvalue weighted by molar-refractivity contribution is 0.0600. The van der Waals surface area contributed by atoms with E-state index in [-0.39, 0.29) is 11.4 Å². The molecule has 5 heteroatoms. The van der Waals surface area contributed by atoms with Crippen LogP contribution in [0.25, 0.3) is 0 Å². The van der Waals surface area contributed by atoms with E-state index in [9.17, 15) is 9.90 Å². The van der Waals surface area contributed by atoms with E-state index in [1.54, 1.807) is 0 Å². The topological polar surface area (TPSA) is 72.5 Å². The maximum atomic E-state index is 11.1. The second-order valence-corrected chi connectivity index (χ2v) is 3.55. The number of nitrogens with two attached hydrogens (primary N) is 1. The number of carbonyl (C=O) groups excluding carboxylic acids is 1. The van der Waals surface area contributed by atoms with Crippen LogP contribution in [0.15, 0.2) is 12.1 Å². The number of methoxy groups -OCH3 is 1. The molecule has 0 aliphatic rings. The van der Waals surface area contributed by atoms with E-state index in [1.165, 1.54) is 19.2 Å². The standard InChI is InChI=1S/C8H8INO3/c1-13-8(12)4-2-5(9)7(11)6(10)3-4/h2-3,11H,10H2,1H3. The fourth-order valence-corrected chi connectivity index (χ4v) is 1.50. The number of hydrogen-bond acceptors (Lipinski definition) is 4. The highest BCUT2D eigenvalue weighted by molar-refractivity contribution is 14.1. The molecule has 1 aromatic rings. The number of ether oxygens (including phenoxy) is 1. The van der Waals surface area contributed by atoms with Crippen molar-refractivity contribution < 1.29 is 14.6 Å². The lowest BCUT2D eigenvalue weighted by Gasteiger charge is -2.04. The number of anilines is 1. The molecule has 0 saturated carbocycles. The normalized spacial score (nSPS) is 9.69. The van der Waals surface area contributed by atoms with Gasteiger partial charge >= 0.3 is 5.97 Å². The zero-order chi connectivity index (χ0) is 10.0. The van der Waals surface area contributed by atoms with Crippen molar-refractivity contribution in [2.75, 3.05) is 12.8 Å². The predicted octanol–water partition coefficient (Wildman–Crippen LogP) is 1.37. The number of phenolic OH excluding ortho intramolecular Hbond substituents is 1. The van der Waals surface area contributed by atoms with Gasteiger partial charge in [-0.3, -0.25) is 0 Å². The Morgan fingerprint density at radius 1 is 1.62 bits per heavy atom. The van der Waals surface area contributed by atoms with E-state index in [1.807, 2.05) is 22.6 Å². The number of benzene rings is 1. The zero-order valence-electron chi connectivity index (χ0n) is 6.87. The molecule has 0 amide bonds. The Hall–Kier alpha value is -0.980. The largest absolute Gasteiger partial charge is 0.505 e. The minimum absolute atomic E-state index is 0.00625. The van der Waals surface area contributed by atoms with Gasteiger partial charge in [0.1, 0.15) is 0 Å². The van der Waals surface area contributed by atoms with Gasteiger partial charge in [0.2, 0.25) is 0 Å². The van der Waals surface area contributed by atoms with Crippen molar-refractivity contribution >= 4 is 34.2 Å². The smallest absolute Gasteiger partial charge is 0.337 e. The number of aromatic hydroxyl groups is 1. The maximum Gasteiger partial charge on any atom is 0.337 e. The highest BCUT2D eigenvalue weighted by Crippen LogP contribution is 2.28. The van der Waals surface area contributed by atoms with Crippen LogP contribution in [0.4, 0.5) is 5.69 Å². The van der Waals surface area contributed by atoms with E-state index in [4.69, 9.17) is 5.73 Å². The summed E-state index contributed by atoms with van der Waals surface area (Å²) < 4.78 is 5.03. The third kappa shape index (κ3) is 2.03. The molecule has 0 atom stereocenters. The highest BCUT2D eigenvalue weighted by Gasteiger charge is 2.10. The van der Waals surface area contributed by atoms with Crippen molar-refractivity contribution in [2.24, 2.45) is 0 Å². The van der Waals surface area contributed by atoms with Crippen molar-refractivity contribution in [1.29, 1.82) is 0 Å². The van der Waals surface area contributed by atoms with Crippen molar-refractivity contribution in [3.8, 4) is 5.75 Å². The summed E-state index contributed by atoms with van der Waals surface area (Å²) in [5.74, 6) is -0.474. The summed E-state index contributed by atoms with van der Waals surface area (Å²) in [5, 5.41) is 9.30. The lowest BCUT2D eigenvalue weighted by atomic mass is 10.2. The number of carbonyl (C=O) groups is 1. The van der Waals surface area contributed by atoms with Gasteiger partial charge in [0, 0.05) is 0 Å². The van der Waals surface area contributed by atoms with Crippen molar-refractivity contribution in [2.45, 2.75) is 0 Å². The third-order valence-corrected chi connectivity index (χ3v) is 2.34. The van der Waals surface area contributed by atoms with Gasteiger partial charge in [-0.1, -0.05) is 0 Å². The Morgan fingerprint density at radius 2 is 2.23 bits per heavy atom. The molecular weight excluding hydrogens is 285 g/mol. The fraction of sp³-hybridized carbons (Fsp3) is 0.125. The van der Waals surface area contributed by atoms with Crippen LogP contribution in [-0.4, -0.2) is 18.2 Å². The Bertz CT molecular complexity index is 328. The van der Waals surface area contributed by atoms with Crippen LogP contribution in [0.3, 0.4) is 0 Å². The van der Waals surface area contributed by atoms with Crippen LogP contribution in [-0.2, 0) is 4.74 Å². The molecule has 13 heavy (non-hydrogen) atoms. The van der Waals surface area contributed by atoms with Gasteiger partial charge in [-0.25, -0.2) is 4.79 Å². The van der Waals surface area contributed by atoms with E-state index in [2.05, 4.69) is 4.74 Å². The van der Waals surface area contributed by atoms with Gasteiger partial charge < -0.3 is 15.6 Å². The van der Waals surface area contributed by atoms with Gasteiger partial charge in [-0.2, -0.15) is 0 Å². The predicted molar refractivity (Wildman–Crippen MR) is 56.6 cm³/mol. The van der Waals surface area contributed by atoms with E-state index in [0.29, 0.717) is 9.13 Å². The van der Waals surface area contributed by atoms with Crippen LogP contribution in [0.5, 0.6) is 5.75 Å². The summed E-state index contributed by atoms with van der Waals surface area (Å²) in [6.07, 6.45) is 0. The van der Waals surface area contributed by atoms with Crippen molar-refractivity contribution in [3.05, 3.63) is 21.3 Å². The quantitative estimate of drug-likeness (QED) is 0.355. The summed E-state index contributed by atoms with van der Waals surface area (Å²) in [6.45, 7) is 0. The molecule has 0 aromatic heterocycles. The zero-order valence-corrected chi connectivity index (χ0v) is 9.03. The molecule has 70 valence electrons. The first-order valence-electron chi connectivity index (χ1n) is 3.42. The molecule has 0 aliphatic carbocycles. The summed E-state index contributed by atoms with van der Waals surface area (Å²) in [7, 11) is 1.29. The number of rotatable bonds is 1. The molecule has 0 saturated heterocycles. The fourth-order valence-electron chi connectivity index (χ4n) is 0.856. The Balaban J connectivity index is 3.20. The van der Waals surface area contributed by atoms with Crippen LogP contribution in [0.2, 0.25) is 0 Å². The minimum atomic E-state index is -0.468. The lowest BCUT2D eigenvalue weighted by Crippen LogP contribution is -2.02. The molecule has 1 rings (SSSR count). The van der Waals surface area contributed by atoms with E-state index >= 15 is 0 Å². The van der Waals surface area contributed by atoms with Gasteiger partial charge in [0.25, 0.3) is 0 Å². The Morgan fingerprint density at radius 3 is 2.69 bits per heavy atom. The van der Waals surface area contributed by atoms with Crippen LogP contribution >= 0.6 is 22.6 Å². The van der Waals surface area contributed by atoms with Crippen molar-refractivity contribution in [3.63, 3.8) is 0 Å². The summed E-state index contributed by atoms with van der Waals surface area (Å²) in [4.78, 5) is 11.1. The second-order valence-electron chi connectivity index (χ2n) is 2.39. The third-order valence-electron chi connectivity index (χ3n) is 1.51. The average molecular weight is 293 g/mol. The monoisotopic (exact) mass is 293 g/mol. The van der Waals surface area contributed by atoms with Crippen molar-refractivity contribution in [1.82, 2.24) is 0 Å². The first-order chi connectivity index (χ1) is 6.06. The molecule has 0 heterocycles. The first kappa shape index (κ1) is 10.1. The molecule has 3 N–H and O–H groups in total. The minimum Gasteiger partial charge on any atom is -0.505 e. The molecule has 4 nitrogen and oxygen atoms in total. The number of phenols is 1. The molecule has 1 aromatic carbocycles. The SMILES string of the molecule is COC(=O)c1cc(N)c(O)c(I)c1. The van der Waals surface area contributed by atoms with Crippen LogP contribution < -0.4 is 5.73 Å². The van der Waals surface area contributed by atoms with Gasteiger partial charge in [-0.05, 0) is 34.7 Å². The molecule has 0 unspecified atom stereocenters. The number of halogens is 1. The Labute approximate surface area is 88.8 Å². The highest BCUT2D eigenvalue weighted by atomic mass is 127. The van der Waals surface area contributed by atoms with E-state index < -0.39 is 5.97 Å². The molecule has 0 spiro atoms. The van der Waals surface area contributed by atoms with E-state index in [0.717, 1.165) is 0 Å².